The maximum atomic E-state index is 14.4. The Bertz CT molecular complexity index is 1500. The van der Waals surface area contributed by atoms with E-state index in [9.17, 15) is 29.1 Å². The van der Waals surface area contributed by atoms with Crippen molar-refractivity contribution < 1.29 is 43.1 Å². The molecule has 266 valence electrons. The van der Waals surface area contributed by atoms with Crippen LogP contribution in [0, 0.1) is 23.2 Å². The van der Waals surface area contributed by atoms with Gasteiger partial charge in [-0.05, 0) is 93.8 Å². The third-order valence-electron chi connectivity index (χ3n) is 11.9. The van der Waals surface area contributed by atoms with Crippen molar-refractivity contribution in [1.82, 2.24) is 25.8 Å². The number of ether oxygens (including phenoxy) is 1. The van der Waals surface area contributed by atoms with E-state index >= 15 is 0 Å². The molecular formula is C34H48BN5O9. The van der Waals surface area contributed by atoms with Gasteiger partial charge in [0.1, 0.15) is 17.4 Å². The lowest BCUT2D eigenvalue weighted by Gasteiger charge is -2.64. The molecule has 1 aromatic carbocycles. The van der Waals surface area contributed by atoms with Gasteiger partial charge in [-0.3, -0.25) is 19.3 Å². The van der Waals surface area contributed by atoms with Crippen molar-refractivity contribution in [2.24, 2.45) is 23.2 Å². The number of hydrogen-bond donors (Lipinski definition) is 4. The van der Waals surface area contributed by atoms with E-state index in [0.29, 0.717) is 44.0 Å². The first kappa shape index (κ1) is 35.2. The smallest absolute Gasteiger partial charge is 0.482 e. The first-order valence-corrected chi connectivity index (χ1v) is 17.4. The number of carboxylic acids is 1. The summed E-state index contributed by atoms with van der Waals surface area (Å²) in [6.07, 6.45) is 3.02. The van der Waals surface area contributed by atoms with Crippen LogP contribution in [0.1, 0.15) is 69.3 Å². The number of carbonyl (C=O) groups excluding carboxylic acids is 4. The molecule has 6 atom stereocenters. The highest BCUT2D eigenvalue weighted by Crippen LogP contribution is 2.65. The van der Waals surface area contributed by atoms with Crippen molar-refractivity contribution in [2.75, 3.05) is 39.8 Å². The zero-order valence-corrected chi connectivity index (χ0v) is 29.0. The predicted octanol–water partition coefficient (Wildman–Crippen LogP) is 1.46. The summed E-state index contributed by atoms with van der Waals surface area (Å²) in [5, 5.41) is 19.0. The molecule has 0 radical (unpaired) electrons. The summed E-state index contributed by atoms with van der Waals surface area (Å²) in [6.45, 7) is 10.3. The second kappa shape index (κ2) is 13.6. The molecule has 15 heteroatoms. The molecule has 0 spiro atoms. The number of hydrogen-bond acceptors (Lipinski definition) is 9. The summed E-state index contributed by atoms with van der Waals surface area (Å²) >= 11 is 0. The van der Waals surface area contributed by atoms with Gasteiger partial charge in [0.25, 0.3) is 0 Å². The average Bonchev–Trinajstić information content (AvgIpc) is 3.45. The molecule has 4 N–H and O–H groups in total. The fourth-order valence-corrected chi connectivity index (χ4v) is 8.91. The van der Waals surface area contributed by atoms with Crippen LogP contribution in [0.25, 0.3) is 0 Å². The largest absolute Gasteiger partial charge is 0.496 e. The third-order valence-corrected chi connectivity index (χ3v) is 11.9. The number of imide groups is 1. The van der Waals surface area contributed by atoms with Gasteiger partial charge < -0.3 is 40.0 Å². The van der Waals surface area contributed by atoms with Crippen LogP contribution >= 0.6 is 0 Å². The molecule has 6 fully saturated rings. The molecular weight excluding hydrogens is 633 g/mol. The summed E-state index contributed by atoms with van der Waals surface area (Å²) in [6, 6.07) is 3.01. The van der Waals surface area contributed by atoms with Gasteiger partial charge in [-0.25, -0.2) is 9.59 Å². The number of aromatic carboxylic acids is 1. The van der Waals surface area contributed by atoms with Crippen LogP contribution in [0.15, 0.2) is 18.2 Å². The first-order valence-electron chi connectivity index (χ1n) is 17.4. The minimum absolute atomic E-state index is 0.0104. The summed E-state index contributed by atoms with van der Waals surface area (Å²) in [4.78, 5) is 67.7. The minimum atomic E-state index is -1.14. The fraction of sp³-hybridized carbons (Fsp3) is 0.676. The van der Waals surface area contributed by atoms with E-state index in [2.05, 4.69) is 36.7 Å². The average molecular weight is 682 g/mol. The molecule has 3 aliphatic heterocycles. The monoisotopic (exact) mass is 681 g/mol. The fourth-order valence-electron chi connectivity index (χ4n) is 8.91. The SMILES string of the molecule is CCN1CCN(C(=O)NC(C(=O)N[C@@H](Cc2cccc(C(=O)O)c2OC)B2O[C@@H]3C[C@@H]4C[C@@H](C4(C)C)[C@]3(C)O2)C2CCNCC2)C(=O)C1=O. The van der Waals surface area contributed by atoms with Gasteiger partial charge in [0.2, 0.25) is 5.91 Å². The molecule has 3 saturated heterocycles. The number of piperidine rings is 1. The van der Waals surface area contributed by atoms with Crippen molar-refractivity contribution in [3.8, 4) is 5.75 Å². The van der Waals surface area contributed by atoms with Crippen LogP contribution in [0.2, 0.25) is 0 Å². The van der Waals surface area contributed by atoms with Crippen LogP contribution in [0.5, 0.6) is 5.75 Å². The zero-order chi connectivity index (χ0) is 35.2. The highest BCUT2D eigenvalue weighted by Gasteiger charge is 2.68. The lowest BCUT2D eigenvalue weighted by molar-refractivity contribution is -0.199. The molecule has 6 aliphatic rings. The van der Waals surface area contributed by atoms with Crippen LogP contribution in [-0.2, 0) is 30.1 Å². The number of carboxylic acid groups (broad SMARTS) is 1. The standard InChI is InChI=1S/C34H48BN5O9/c1-6-39-14-15-40(30(43)29(39)42)32(46)38-26(19-10-12-36-13-11-19)28(41)37-25(16-20-8-7-9-22(31(44)45)27(20)47-5)35-48-24-18-21-17-23(33(21,2)3)34(24,4)49-35/h7-9,19,21,23-26,36H,6,10-18H2,1-5H3,(H,37,41)(H,38,46)(H,44,45)/t21-,23-,24+,25-,26?,34-/m0/s1. The van der Waals surface area contributed by atoms with E-state index in [0.717, 1.165) is 17.7 Å². The van der Waals surface area contributed by atoms with Crippen molar-refractivity contribution in [3.63, 3.8) is 0 Å². The molecule has 5 amide bonds. The number of methoxy groups -OCH3 is 1. The van der Waals surface area contributed by atoms with Gasteiger partial charge in [0, 0.05) is 19.6 Å². The topological polar surface area (TPSA) is 176 Å². The van der Waals surface area contributed by atoms with Gasteiger partial charge in [-0.15, -0.1) is 0 Å². The number of benzene rings is 1. The molecule has 49 heavy (non-hydrogen) atoms. The minimum Gasteiger partial charge on any atom is -0.496 e. The van der Waals surface area contributed by atoms with E-state index in [4.69, 9.17) is 14.0 Å². The van der Waals surface area contributed by atoms with Crippen molar-refractivity contribution in [1.29, 1.82) is 0 Å². The molecule has 3 aliphatic carbocycles. The molecule has 3 heterocycles. The maximum Gasteiger partial charge on any atom is 0.482 e. The Hall–Kier alpha value is -3.69. The van der Waals surface area contributed by atoms with Gasteiger partial charge in [-0.1, -0.05) is 26.0 Å². The molecule has 3 saturated carbocycles. The van der Waals surface area contributed by atoms with Crippen LogP contribution in [0.3, 0.4) is 0 Å². The zero-order valence-electron chi connectivity index (χ0n) is 29.0. The highest BCUT2D eigenvalue weighted by atomic mass is 16.7. The van der Waals surface area contributed by atoms with Gasteiger partial charge in [0.15, 0.2) is 0 Å². The third kappa shape index (κ3) is 6.29. The number of nitrogens with one attached hydrogen (secondary N) is 3. The van der Waals surface area contributed by atoms with E-state index in [-0.39, 0.29) is 54.2 Å². The Labute approximate surface area is 287 Å². The molecule has 0 aromatic heterocycles. The summed E-state index contributed by atoms with van der Waals surface area (Å²) < 4.78 is 19.0. The molecule has 7 rings (SSSR count). The normalized spacial score (nSPS) is 29.1. The number of urea groups is 1. The summed E-state index contributed by atoms with van der Waals surface area (Å²) in [7, 11) is 0.541. The summed E-state index contributed by atoms with van der Waals surface area (Å²) in [5.41, 5.74) is 0.0519. The van der Waals surface area contributed by atoms with Gasteiger partial charge in [0.05, 0.1) is 24.8 Å². The van der Waals surface area contributed by atoms with Crippen molar-refractivity contribution in [2.45, 2.75) is 83.5 Å². The number of amides is 5. The Kier molecular flexibility index (Phi) is 9.72. The van der Waals surface area contributed by atoms with Crippen LogP contribution in [-0.4, -0.2) is 115 Å². The number of para-hydroxylation sites is 1. The van der Waals surface area contributed by atoms with Crippen LogP contribution < -0.4 is 20.7 Å². The van der Waals surface area contributed by atoms with Crippen LogP contribution in [0.4, 0.5) is 4.79 Å². The highest BCUT2D eigenvalue weighted by molar-refractivity contribution is 6.48. The van der Waals surface area contributed by atoms with Crippen molar-refractivity contribution in [3.05, 3.63) is 29.3 Å². The number of carbonyl (C=O) groups is 5. The van der Waals surface area contributed by atoms with E-state index in [1.165, 1.54) is 18.1 Å². The predicted molar refractivity (Wildman–Crippen MR) is 178 cm³/mol. The van der Waals surface area contributed by atoms with Gasteiger partial charge in [-0.2, -0.15) is 0 Å². The molecule has 1 aromatic rings. The lowest BCUT2D eigenvalue weighted by atomic mass is 9.43. The first-order chi connectivity index (χ1) is 23.3. The molecule has 1 unspecified atom stereocenters. The van der Waals surface area contributed by atoms with Crippen molar-refractivity contribution >= 4 is 36.8 Å². The summed E-state index contributed by atoms with van der Waals surface area (Å²) in [5.74, 6) is -3.40. The second-order valence-corrected chi connectivity index (χ2v) is 14.8. The van der Waals surface area contributed by atoms with E-state index in [1.54, 1.807) is 19.1 Å². The number of nitrogens with zero attached hydrogens (tertiary/aromatic N) is 2. The number of likely N-dealkylation sites (N-methyl/N-ethyl adjacent to an activating group) is 1. The Morgan fingerprint density at radius 1 is 1.10 bits per heavy atom. The van der Waals surface area contributed by atoms with Gasteiger partial charge >= 0.3 is 30.9 Å². The van der Waals surface area contributed by atoms with E-state index < -0.39 is 54.4 Å². The Balaban J connectivity index is 1.28. The van der Waals surface area contributed by atoms with E-state index in [1.807, 2.05) is 0 Å². The number of rotatable bonds is 10. The maximum absolute atomic E-state index is 14.4. The number of piperazine rings is 1. The molecule has 2 bridgehead atoms. The quantitative estimate of drug-likeness (QED) is 0.209. The second-order valence-electron chi connectivity index (χ2n) is 14.8. The Morgan fingerprint density at radius 2 is 1.84 bits per heavy atom. The molecule has 14 nitrogen and oxygen atoms in total. The lowest BCUT2D eigenvalue weighted by Crippen LogP contribution is -2.65. The Morgan fingerprint density at radius 3 is 2.49 bits per heavy atom.